The van der Waals surface area contributed by atoms with Crippen LogP contribution in [0, 0.1) is 0 Å². The lowest BCUT2D eigenvalue weighted by atomic mass is 9.33. The van der Waals surface area contributed by atoms with Crippen molar-refractivity contribution in [1.82, 2.24) is 4.57 Å². The molecule has 2 aliphatic rings. The van der Waals surface area contributed by atoms with E-state index in [0.29, 0.717) is 0 Å². The second-order valence-electron chi connectivity index (χ2n) is 31.5. The molecule has 14 rings (SSSR count). The van der Waals surface area contributed by atoms with E-state index in [1.807, 2.05) is 0 Å². The third kappa shape index (κ3) is 10.2. The SMILES string of the molecule is CC(C)(C)c1cc(C(C)(C)C)c2c3c(C(C)(C)C)cc(C(C)(C)C)cc3n(-c3cc4c5c(c3)N(c3ccc(-c6ccccc6)cc3)c3cc(C(C)(C)c6ccccc6)ccc3B5c3ccc(C(C)(C)c5ccccc5)cc3N4c3ccc(-c4ccccc4)cc3)c2c1. The molecule has 2 aliphatic heterocycles. The Bertz CT molecular complexity index is 4490. The normalized spacial score (nSPS) is 13.6. The topological polar surface area (TPSA) is 11.4 Å². The lowest BCUT2D eigenvalue weighted by Gasteiger charge is -2.45. The van der Waals surface area contributed by atoms with Crippen LogP contribution < -0.4 is 26.2 Å². The maximum atomic E-state index is 2.70. The molecule has 92 heavy (non-hydrogen) atoms. The van der Waals surface area contributed by atoms with Gasteiger partial charge < -0.3 is 14.4 Å². The molecule has 12 aromatic rings. The number of fused-ring (bicyclic) bond motifs is 7. The summed E-state index contributed by atoms with van der Waals surface area (Å²) in [5, 5.41) is 2.68. The van der Waals surface area contributed by atoms with Gasteiger partial charge in [0.1, 0.15) is 0 Å². The summed E-state index contributed by atoms with van der Waals surface area (Å²) in [5.74, 6) is 0. The highest BCUT2D eigenvalue weighted by molar-refractivity contribution is 7.00. The van der Waals surface area contributed by atoms with Crippen molar-refractivity contribution in [3.8, 4) is 27.9 Å². The van der Waals surface area contributed by atoms with Crippen molar-refractivity contribution in [2.45, 2.75) is 143 Å². The first-order chi connectivity index (χ1) is 43.7. The quantitative estimate of drug-likeness (QED) is 0.133. The maximum absolute atomic E-state index is 2.70. The van der Waals surface area contributed by atoms with Gasteiger partial charge in [0.05, 0.1) is 16.7 Å². The van der Waals surface area contributed by atoms with Crippen molar-refractivity contribution in [1.29, 1.82) is 0 Å². The average molecular weight is 1200 g/mol. The van der Waals surface area contributed by atoms with E-state index in [1.54, 1.807) is 0 Å². The summed E-state index contributed by atoms with van der Waals surface area (Å²) in [6.07, 6.45) is 0. The van der Waals surface area contributed by atoms with Gasteiger partial charge in [-0.1, -0.05) is 293 Å². The van der Waals surface area contributed by atoms with E-state index in [-0.39, 0.29) is 39.2 Å². The highest BCUT2D eigenvalue weighted by atomic mass is 15.2. The zero-order valence-electron chi connectivity index (χ0n) is 57.0. The highest BCUT2D eigenvalue weighted by Gasteiger charge is 2.46. The number of anilines is 6. The molecule has 0 radical (unpaired) electrons. The van der Waals surface area contributed by atoms with Crippen LogP contribution in [0.15, 0.2) is 243 Å². The summed E-state index contributed by atoms with van der Waals surface area (Å²) >= 11 is 0. The van der Waals surface area contributed by atoms with Gasteiger partial charge in [-0.2, -0.15) is 0 Å². The third-order valence-corrected chi connectivity index (χ3v) is 20.5. The fraction of sp³-hybridized carbons (Fsp3) is 0.250. The molecule has 3 nitrogen and oxygen atoms in total. The summed E-state index contributed by atoms with van der Waals surface area (Å²) < 4.78 is 2.70. The van der Waals surface area contributed by atoms with Gasteiger partial charge in [-0.25, -0.2) is 0 Å². The molecule has 0 saturated carbocycles. The van der Waals surface area contributed by atoms with Crippen LogP contribution in [0.3, 0.4) is 0 Å². The predicted octanol–water partition coefficient (Wildman–Crippen LogP) is 22.0. The van der Waals surface area contributed by atoms with E-state index in [9.17, 15) is 0 Å². The zero-order valence-corrected chi connectivity index (χ0v) is 57.0. The van der Waals surface area contributed by atoms with E-state index in [1.165, 1.54) is 128 Å². The van der Waals surface area contributed by atoms with Crippen molar-refractivity contribution >= 4 is 79.0 Å². The minimum atomic E-state index is -0.314. The first-order valence-corrected chi connectivity index (χ1v) is 33.4. The first kappa shape index (κ1) is 60.4. The Morgan fingerprint density at radius 1 is 0.261 bits per heavy atom. The molecule has 1 aromatic heterocycles. The Hall–Kier alpha value is -9.12. The first-order valence-electron chi connectivity index (χ1n) is 33.4. The van der Waals surface area contributed by atoms with Crippen molar-refractivity contribution in [2.24, 2.45) is 0 Å². The fourth-order valence-electron chi connectivity index (χ4n) is 14.9. The van der Waals surface area contributed by atoms with E-state index in [4.69, 9.17) is 0 Å². The average Bonchev–Trinajstić information content (AvgIpc) is 0.974. The van der Waals surface area contributed by atoms with Crippen molar-refractivity contribution in [2.75, 3.05) is 9.80 Å². The molecule has 458 valence electrons. The number of hydrogen-bond donors (Lipinski definition) is 0. The van der Waals surface area contributed by atoms with Crippen LogP contribution in [0.2, 0.25) is 0 Å². The smallest absolute Gasteiger partial charge is 0.252 e. The van der Waals surface area contributed by atoms with Gasteiger partial charge in [0.2, 0.25) is 0 Å². The van der Waals surface area contributed by atoms with Gasteiger partial charge in [-0.05, 0) is 165 Å². The zero-order chi connectivity index (χ0) is 64.6. The molecule has 3 heterocycles. The molecular weight excluding hydrogens is 1110 g/mol. The van der Waals surface area contributed by atoms with Crippen LogP contribution in [0.4, 0.5) is 34.1 Å². The lowest BCUT2D eigenvalue weighted by Crippen LogP contribution is -2.61. The van der Waals surface area contributed by atoms with Gasteiger partial charge in [0.15, 0.2) is 0 Å². The number of hydrogen-bond acceptors (Lipinski definition) is 2. The Morgan fingerprint density at radius 3 is 0.935 bits per heavy atom. The molecule has 0 spiro atoms. The van der Waals surface area contributed by atoms with E-state index in [0.717, 1.165) is 17.1 Å². The van der Waals surface area contributed by atoms with E-state index in [2.05, 4.69) is 368 Å². The highest BCUT2D eigenvalue weighted by Crippen LogP contribution is 2.52. The summed E-state index contributed by atoms with van der Waals surface area (Å²) in [6.45, 7) is 38.2. The van der Waals surface area contributed by atoms with Crippen molar-refractivity contribution in [3.63, 3.8) is 0 Å². The van der Waals surface area contributed by atoms with E-state index < -0.39 is 0 Å². The third-order valence-electron chi connectivity index (χ3n) is 20.5. The number of rotatable bonds is 9. The lowest BCUT2D eigenvalue weighted by molar-refractivity contribution is 0.570. The molecular formula is C88H88BN3. The molecule has 0 saturated heterocycles. The second kappa shape index (κ2) is 21.8. The van der Waals surface area contributed by atoms with Gasteiger partial charge in [-0.3, -0.25) is 0 Å². The van der Waals surface area contributed by atoms with Crippen LogP contribution in [-0.2, 0) is 32.5 Å². The van der Waals surface area contributed by atoms with Gasteiger partial charge in [0.25, 0.3) is 6.71 Å². The molecule has 0 amide bonds. The molecule has 0 fully saturated rings. The summed E-state index contributed by atoms with van der Waals surface area (Å²) in [4.78, 5) is 5.27. The Labute approximate surface area is 548 Å². The summed E-state index contributed by atoms with van der Waals surface area (Å²) in [7, 11) is 0. The molecule has 0 N–H and O–H groups in total. The molecule has 4 heteroatoms. The second-order valence-corrected chi connectivity index (χ2v) is 31.5. The molecule has 11 aromatic carbocycles. The summed E-state index contributed by atoms with van der Waals surface area (Å²) in [6, 6.07) is 92.9. The Balaban J connectivity index is 1.17. The largest absolute Gasteiger partial charge is 0.311 e. The minimum absolute atomic E-state index is 0.125. The van der Waals surface area contributed by atoms with Gasteiger partial charge in [0, 0.05) is 55.7 Å². The molecule has 0 unspecified atom stereocenters. The number of benzene rings is 11. The van der Waals surface area contributed by atoms with Crippen LogP contribution >= 0.6 is 0 Å². The minimum Gasteiger partial charge on any atom is -0.311 e. The summed E-state index contributed by atoms with van der Waals surface area (Å²) in [5.41, 5.74) is 28.4. The maximum Gasteiger partial charge on any atom is 0.252 e. The van der Waals surface area contributed by atoms with E-state index >= 15 is 0 Å². The van der Waals surface area contributed by atoms with Crippen LogP contribution in [0.5, 0.6) is 0 Å². The number of nitrogens with zero attached hydrogens (tertiary/aromatic N) is 3. The molecule has 0 aliphatic carbocycles. The van der Waals surface area contributed by atoms with Crippen molar-refractivity contribution < 1.29 is 0 Å². The standard InChI is InChI=1S/C88H88BN3/c1-83(2,3)65-49-70(85(7,8)9)80-76(53-65)92(77-54-66(84(4,5)6)50-71(81(77)80)86(10,11)12)69-55-78-82-79(56-69)91(68-45-39-60(40-46-68)58-31-23-18-24-32-58)75-52-64(88(15,16)62-35-27-20-28-36-62)42-48-73(75)89(82)72-47-41-63(87(13,14)61-33-25-19-26-34-61)51-74(72)90(78)67-43-37-59(38-44-67)57-29-21-17-22-30-57/h17-56H,1-16H3. The van der Waals surface area contributed by atoms with Crippen LogP contribution in [-0.4, -0.2) is 11.3 Å². The molecule has 0 bridgehead atoms. The van der Waals surface area contributed by atoms with Gasteiger partial charge in [-0.15, -0.1) is 0 Å². The van der Waals surface area contributed by atoms with Crippen molar-refractivity contribution in [3.05, 3.63) is 287 Å². The fourth-order valence-corrected chi connectivity index (χ4v) is 14.9. The Kier molecular flexibility index (Phi) is 14.3. The monoisotopic (exact) mass is 1200 g/mol. The number of aromatic nitrogens is 1. The predicted molar refractivity (Wildman–Crippen MR) is 398 cm³/mol. The van der Waals surface area contributed by atoms with Crippen LogP contribution in [0.25, 0.3) is 49.7 Å². The Morgan fingerprint density at radius 2 is 0.598 bits per heavy atom. The molecule has 0 atom stereocenters. The van der Waals surface area contributed by atoms with Gasteiger partial charge >= 0.3 is 0 Å². The van der Waals surface area contributed by atoms with Crippen LogP contribution in [0.1, 0.15) is 155 Å².